The lowest BCUT2D eigenvalue weighted by Crippen LogP contribution is -2.56. The highest BCUT2D eigenvalue weighted by Gasteiger charge is 2.47. The number of thiazole rings is 1. The number of nitrogens with one attached hydrogen (secondary N) is 2. The number of para-hydroxylation sites is 2. The first kappa shape index (κ1) is 17.7. The summed E-state index contributed by atoms with van der Waals surface area (Å²) in [5.41, 5.74) is 0.534. The SMILES string of the molecule is CC1(C(=O)Nc2nc(-c3ccc(Br)cc3)cs2)Oc2ccccc2NC1=O. The molecular weight excluding hydrogens is 430 g/mol. The molecule has 2 amide bonds. The molecule has 1 unspecified atom stereocenters. The van der Waals surface area contributed by atoms with Crippen LogP contribution < -0.4 is 15.4 Å². The second-order valence-electron chi connectivity index (χ2n) is 6.08. The van der Waals surface area contributed by atoms with E-state index in [1.54, 1.807) is 24.3 Å². The fourth-order valence-electron chi connectivity index (χ4n) is 2.62. The van der Waals surface area contributed by atoms with Crippen LogP contribution in [0.4, 0.5) is 10.8 Å². The zero-order valence-electron chi connectivity index (χ0n) is 14.2. The Bertz CT molecular complexity index is 1030. The number of carbonyl (C=O) groups is 2. The normalized spacial score (nSPS) is 18.2. The Morgan fingerprint density at radius 2 is 1.96 bits per heavy atom. The summed E-state index contributed by atoms with van der Waals surface area (Å²) < 4.78 is 6.69. The number of hydrogen-bond donors (Lipinski definition) is 2. The molecule has 136 valence electrons. The summed E-state index contributed by atoms with van der Waals surface area (Å²) in [6.07, 6.45) is 0. The van der Waals surface area contributed by atoms with Gasteiger partial charge in [0.05, 0.1) is 11.4 Å². The fraction of sp³-hybridized carbons (Fsp3) is 0.105. The lowest BCUT2D eigenvalue weighted by Gasteiger charge is -2.32. The first-order valence-electron chi connectivity index (χ1n) is 8.08. The van der Waals surface area contributed by atoms with Crippen molar-refractivity contribution >= 4 is 49.9 Å². The van der Waals surface area contributed by atoms with Crippen LogP contribution in [0, 0.1) is 0 Å². The molecule has 0 saturated heterocycles. The number of benzene rings is 2. The lowest BCUT2D eigenvalue weighted by atomic mass is 10.0. The number of rotatable bonds is 3. The molecule has 1 aliphatic rings. The summed E-state index contributed by atoms with van der Waals surface area (Å²) in [5, 5.41) is 7.64. The van der Waals surface area contributed by atoms with Gasteiger partial charge in [0.25, 0.3) is 17.4 Å². The van der Waals surface area contributed by atoms with E-state index in [1.807, 2.05) is 29.6 Å². The molecule has 27 heavy (non-hydrogen) atoms. The molecule has 2 heterocycles. The molecule has 0 spiro atoms. The van der Waals surface area contributed by atoms with Gasteiger partial charge < -0.3 is 10.1 Å². The molecule has 0 aliphatic carbocycles. The first-order chi connectivity index (χ1) is 13.0. The van der Waals surface area contributed by atoms with Crippen molar-refractivity contribution in [1.29, 1.82) is 0 Å². The van der Waals surface area contributed by atoms with Crippen molar-refractivity contribution < 1.29 is 14.3 Å². The Kier molecular flexibility index (Phi) is 4.45. The van der Waals surface area contributed by atoms with Crippen molar-refractivity contribution in [1.82, 2.24) is 4.98 Å². The molecule has 0 radical (unpaired) electrons. The Balaban J connectivity index is 1.54. The van der Waals surface area contributed by atoms with Crippen molar-refractivity contribution in [2.24, 2.45) is 0 Å². The molecule has 0 fully saturated rings. The number of hydrogen-bond acceptors (Lipinski definition) is 5. The van der Waals surface area contributed by atoms with Crippen molar-refractivity contribution in [3.05, 3.63) is 58.4 Å². The Morgan fingerprint density at radius 3 is 2.74 bits per heavy atom. The standard InChI is InChI=1S/C19H14BrN3O3S/c1-19(16(24)21-13-4-2-3-5-15(13)26-19)17(25)23-18-22-14(10-27-18)11-6-8-12(20)9-7-11/h2-10H,1H3,(H,21,24)(H,22,23,25). The number of carbonyl (C=O) groups excluding carboxylic acids is 2. The van der Waals surface area contributed by atoms with Crippen LogP contribution in [0.5, 0.6) is 5.75 Å². The number of fused-ring (bicyclic) bond motifs is 1. The largest absolute Gasteiger partial charge is 0.466 e. The summed E-state index contributed by atoms with van der Waals surface area (Å²) in [6, 6.07) is 14.7. The highest BCUT2D eigenvalue weighted by Crippen LogP contribution is 2.34. The quantitative estimate of drug-likeness (QED) is 0.591. The molecule has 2 N–H and O–H groups in total. The molecule has 0 bridgehead atoms. The van der Waals surface area contributed by atoms with E-state index in [1.165, 1.54) is 18.3 Å². The Hall–Kier alpha value is -2.71. The Labute approximate surface area is 167 Å². The Morgan fingerprint density at radius 1 is 1.22 bits per heavy atom. The van der Waals surface area contributed by atoms with Crippen LogP contribution in [0.3, 0.4) is 0 Å². The molecule has 6 nitrogen and oxygen atoms in total. The van der Waals surface area contributed by atoms with Gasteiger partial charge in [0.1, 0.15) is 5.75 Å². The molecule has 0 saturated carbocycles. The monoisotopic (exact) mass is 443 g/mol. The van der Waals surface area contributed by atoms with Crippen LogP contribution in [0.15, 0.2) is 58.4 Å². The maximum Gasteiger partial charge on any atom is 0.280 e. The minimum atomic E-state index is -1.68. The van der Waals surface area contributed by atoms with E-state index < -0.39 is 17.4 Å². The molecule has 2 aromatic carbocycles. The van der Waals surface area contributed by atoms with Gasteiger partial charge >= 0.3 is 0 Å². The minimum absolute atomic E-state index is 0.398. The van der Waals surface area contributed by atoms with Gasteiger partial charge in [-0.2, -0.15) is 0 Å². The maximum absolute atomic E-state index is 12.8. The number of nitrogens with zero attached hydrogens (tertiary/aromatic N) is 1. The van der Waals surface area contributed by atoms with Gasteiger partial charge in [-0.1, -0.05) is 40.2 Å². The third kappa shape index (κ3) is 3.33. The van der Waals surface area contributed by atoms with Crippen LogP contribution in [-0.2, 0) is 9.59 Å². The van der Waals surface area contributed by atoms with Gasteiger partial charge in [-0.25, -0.2) is 4.98 Å². The first-order valence-corrected chi connectivity index (χ1v) is 9.75. The van der Waals surface area contributed by atoms with E-state index in [-0.39, 0.29) is 0 Å². The fourth-order valence-corrected chi connectivity index (χ4v) is 3.60. The van der Waals surface area contributed by atoms with E-state index in [0.29, 0.717) is 16.6 Å². The van der Waals surface area contributed by atoms with Crippen LogP contribution >= 0.6 is 27.3 Å². The van der Waals surface area contributed by atoms with Gasteiger partial charge in [-0.3, -0.25) is 14.9 Å². The number of aromatic nitrogens is 1. The summed E-state index contributed by atoms with van der Waals surface area (Å²) in [5.74, 6) is -0.654. The second-order valence-corrected chi connectivity index (χ2v) is 7.86. The van der Waals surface area contributed by atoms with Crippen LogP contribution in [0.1, 0.15) is 6.92 Å². The molecule has 1 aromatic heterocycles. The highest BCUT2D eigenvalue weighted by atomic mass is 79.9. The number of amides is 2. The second kappa shape index (κ2) is 6.79. The van der Waals surface area contributed by atoms with E-state index in [9.17, 15) is 9.59 Å². The van der Waals surface area contributed by atoms with Crippen LogP contribution in [0.25, 0.3) is 11.3 Å². The van der Waals surface area contributed by atoms with Crippen molar-refractivity contribution in [2.45, 2.75) is 12.5 Å². The van der Waals surface area contributed by atoms with E-state index in [0.717, 1.165) is 15.7 Å². The smallest absolute Gasteiger partial charge is 0.280 e. The van der Waals surface area contributed by atoms with Crippen LogP contribution in [-0.4, -0.2) is 22.4 Å². The van der Waals surface area contributed by atoms with Gasteiger partial charge in [-0.15, -0.1) is 11.3 Å². The molecule has 3 aromatic rings. The summed E-state index contributed by atoms with van der Waals surface area (Å²) in [4.78, 5) is 29.6. The van der Waals surface area contributed by atoms with E-state index >= 15 is 0 Å². The predicted octanol–water partition coefficient (Wildman–Crippen LogP) is 4.30. The van der Waals surface area contributed by atoms with E-state index in [4.69, 9.17) is 4.74 Å². The number of halogens is 1. The van der Waals surface area contributed by atoms with Gasteiger partial charge in [0, 0.05) is 15.4 Å². The summed E-state index contributed by atoms with van der Waals surface area (Å²) in [7, 11) is 0. The van der Waals surface area contributed by atoms with Crippen molar-refractivity contribution in [3.63, 3.8) is 0 Å². The van der Waals surface area contributed by atoms with Gasteiger partial charge in [0.2, 0.25) is 0 Å². The third-order valence-corrected chi connectivity index (χ3v) is 5.47. The highest BCUT2D eigenvalue weighted by molar-refractivity contribution is 9.10. The topological polar surface area (TPSA) is 80.3 Å². The van der Waals surface area contributed by atoms with Crippen LogP contribution in [0.2, 0.25) is 0 Å². The van der Waals surface area contributed by atoms with Crippen molar-refractivity contribution in [2.75, 3.05) is 10.6 Å². The number of anilines is 2. The van der Waals surface area contributed by atoms with Gasteiger partial charge in [0.15, 0.2) is 5.13 Å². The maximum atomic E-state index is 12.8. The molecular formula is C19H14BrN3O3S. The van der Waals surface area contributed by atoms with Gasteiger partial charge in [-0.05, 0) is 31.2 Å². The lowest BCUT2D eigenvalue weighted by molar-refractivity contribution is -0.143. The zero-order valence-corrected chi connectivity index (χ0v) is 16.6. The van der Waals surface area contributed by atoms with E-state index in [2.05, 4.69) is 31.5 Å². The average molecular weight is 444 g/mol. The zero-order chi connectivity index (χ0) is 19.0. The average Bonchev–Trinajstić information content (AvgIpc) is 3.11. The molecule has 1 atom stereocenters. The number of ether oxygens (including phenoxy) is 1. The summed E-state index contributed by atoms with van der Waals surface area (Å²) in [6.45, 7) is 1.44. The molecule has 8 heteroatoms. The molecule has 1 aliphatic heterocycles. The van der Waals surface area contributed by atoms with Crippen molar-refractivity contribution in [3.8, 4) is 17.0 Å². The minimum Gasteiger partial charge on any atom is -0.466 e. The molecule has 4 rings (SSSR count). The predicted molar refractivity (Wildman–Crippen MR) is 108 cm³/mol. The summed E-state index contributed by atoms with van der Waals surface area (Å²) >= 11 is 4.68. The third-order valence-electron chi connectivity index (χ3n) is 4.18.